The molecule has 0 aromatic carbocycles. The van der Waals surface area contributed by atoms with Crippen LogP contribution in [-0.2, 0) is 16.8 Å². The lowest BCUT2D eigenvalue weighted by atomic mass is 10.1. The van der Waals surface area contributed by atoms with Gasteiger partial charge < -0.3 is 5.73 Å². The van der Waals surface area contributed by atoms with Crippen molar-refractivity contribution in [3.05, 3.63) is 22.4 Å². The zero-order valence-electron chi connectivity index (χ0n) is 10.2. The number of nitrogens with two attached hydrogens (primary N) is 1. The van der Waals surface area contributed by atoms with Crippen LogP contribution in [0, 0.1) is 0 Å². The van der Waals surface area contributed by atoms with Gasteiger partial charge in [0.05, 0.1) is 0 Å². The van der Waals surface area contributed by atoms with Crippen molar-refractivity contribution in [1.82, 2.24) is 9.03 Å². The summed E-state index contributed by atoms with van der Waals surface area (Å²) < 4.78 is 28.6. The summed E-state index contributed by atoms with van der Waals surface area (Å²) in [6.45, 7) is 1.31. The van der Waals surface area contributed by atoms with Gasteiger partial charge in [0, 0.05) is 25.7 Å². The predicted molar refractivity (Wildman–Crippen MR) is 73.5 cm³/mol. The van der Waals surface area contributed by atoms with Gasteiger partial charge in [0.1, 0.15) is 0 Å². The van der Waals surface area contributed by atoms with Crippen molar-refractivity contribution in [2.75, 3.05) is 13.1 Å². The highest BCUT2D eigenvalue weighted by Crippen LogP contribution is 2.19. The summed E-state index contributed by atoms with van der Waals surface area (Å²) >= 11 is 1.56. The van der Waals surface area contributed by atoms with Crippen LogP contribution in [0.25, 0.3) is 0 Å². The molecule has 1 saturated heterocycles. The van der Waals surface area contributed by atoms with Gasteiger partial charge in [-0.3, -0.25) is 0 Å². The van der Waals surface area contributed by atoms with Crippen LogP contribution in [-0.4, -0.2) is 31.9 Å². The Kier molecular flexibility index (Phi) is 4.74. The molecule has 0 radical (unpaired) electrons. The van der Waals surface area contributed by atoms with Crippen molar-refractivity contribution in [2.24, 2.45) is 5.73 Å². The zero-order valence-corrected chi connectivity index (χ0v) is 11.8. The third kappa shape index (κ3) is 3.30. The molecular formula is C11H19N3O2S2. The number of thiophene rings is 1. The van der Waals surface area contributed by atoms with Crippen LogP contribution in [0.3, 0.4) is 0 Å². The van der Waals surface area contributed by atoms with Gasteiger partial charge >= 0.3 is 0 Å². The second-order valence-corrected chi connectivity index (χ2v) is 6.94. The van der Waals surface area contributed by atoms with Gasteiger partial charge in [-0.2, -0.15) is 28.8 Å². The van der Waals surface area contributed by atoms with Gasteiger partial charge in [-0.15, -0.1) is 0 Å². The van der Waals surface area contributed by atoms with Gasteiger partial charge in [-0.1, -0.05) is 6.42 Å². The number of hydrogen-bond donors (Lipinski definition) is 2. The molecule has 7 heteroatoms. The zero-order chi connectivity index (χ0) is 13.0. The van der Waals surface area contributed by atoms with E-state index in [0.717, 1.165) is 24.8 Å². The molecule has 0 amide bonds. The van der Waals surface area contributed by atoms with E-state index in [-0.39, 0.29) is 6.04 Å². The van der Waals surface area contributed by atoms with E-state index in [4.69, 9.17) is 5.73 Å². The third-order valence-electron chi connectivity index (χ3n) is 3.19. The van der Waals surface area contributed by atoms with E-state index in [2.05, 4.69) is 4.72 Å². The second kappa shape index (κ2) is 6.12. The molecule has 1 aromatic rings. The molecule has 1 atom stereocenters. The van der Waals surface area contributed by atoms with Crippen LogP contribution in [0.2, 0.25) is 0 Å². The third-order valence-corrected chi connectivity index (χ3v) is 5.53. The lowest BCUT2D eigenvalue weighted by molar-refractivity contribution is 0.254. The molecule has 1 unspecified atom stereocenters. The van der Waals surface area contributed by atoms with Crippen LogP contribution in [0.5, 0.6) is 0 Å². The van der Waals surface area contributed by atoms with Crippen molar-refractivity contribution < 1.29 is 8.42 Å². The summed E-state index contributed by atoms with van der Waals surface area (Å²) in [4.78, 5) is 0. The Bertz CT molecular complexity index is 459. The van der Waals surface area contributed by atoms with Gasteiger partial charge in [0.2, 0.25) is 0 Å². The van der Waals surface area contributed by atoms with Crippen molar-refractivity contribution in [1.29, 1.82) is 0 Å². The average Bonchev–Trinajstić information content (AvgIpc) is 2.89. The molecule has 3 N–H and O–H groups in total. The Morgan fingerprint density at radius 3 is 3.00 bits per heavy atom. The Labute approximate surface area is 112 Å². The minimum absolute atomic E-state index is 0.0567. The molecule has 102 valence electrons. The van der Waals surface area contributed by atoms with E-state index in [9.17, 15) is 8.42 Å². The molecule has 2 heterocycles. The number of nitrogens with zero attached hydrogens (tertiary/aromatic N) is 1. The van der Waals surface area contributed by atoms with Crippen molar-refractivity contribution in [3.63, 3.8) is 0 Å². The highest BCUT2D eigenvalue weighted by atomic mass is 32.2. The molecule has 18 heavy (non-hydrogen) atoms. The highest BCUT2D eigenvalue weighted by molar-refractivity contribution is 7.87. The largest absolute Gasteiger partial charge is 0.329 e. The van der Waals surface area contributed by atoms with Crippen LogP contribution < -0.4 is 10.5 Å². The molecule has 5 nitrogen and oxygen atoms in total. The summed E-state index contributed by atoms with van der Waals surface area (Å²) in [6, 6.07) is 1.86. The monoisotopic (exact) mass is 289 g/mol. The maximum Gasteiger partial charge on any atom is 0.280 e. The fourth-order valence-electron chi connectivity index (χ4n) is 2.18. The molecule has 1 aromatic heterocycles. The SMILES string of the molecule is NCC1CCCCN1S(=O)(=O)NCc1ccsc1. The highest BCUT2D eigenvalue weighted by Gasteiger charge is 2.30. The lowest BCUT2D eigenvalue weighted by Crippen LogP contribution is -2.51. The first-order valence-corrected chi connectivity index (χ1v) is 8.49. The molecule has 0 aliphatic carbocycles. The average molecular weight is 289 g/mol. The minimum Gasteiger partial charge on any atom is -0.329 e. The number of nitrogens with one attached hydrogen (secondary N) is 1. The molecule has 1 aliphatic rings. The van der Waals surface area contributed by atoms with Crippen molar-refractivity contribution in [3.8, 4) is 0 Å². The Balaban J connectivity index is 2.00. The maximum absolute atomic E-state index is 12.2. The summed E-state index contributed by atoms with van der Waals surface area (Å²) in [5.74, 6) is 0. The second-order valence-electron chi connectivity index (χ2n) is 4.45. The first-order valence-electron chi connectivity index (χ1n) is 6.11. The van der Waals surface area contributed by atoms with Crippen molar-refractivity contribution >= 4 is 21.5 Å². The van der Waals surface area contributed by atoms with E-state index in [1.54, 1.807) is 11.3 Å². The molecular weight excluding hydrogens is 270 g/mol. The number of hydrogen-bond acceptors (Lipinski definition) is 4. The summed E-state index contributed by atoms with van der Waals surface area (Å²) in [5, 5.41) is 3.88. The fourth-order valence-corrected chi connectivity index (χ4v) is 4.31. The quantitative estimate of drug-likeness (QED) is 0.845. The smallest absolute Gasteiger partial charge is 0.280 e. The first kappa shape index (κ1) is 14.0. The predicted octanol–water partition coefficient (Wildman–Crippen LogP) is 0.896. The Morgan fingerprint density at radius 1 is 1.50 bits per heavy atom. The minimum atomic E-state index is -3.41. The van der Waals surface area contributed by atoms with Gasteiger partial charge in [-0.25, -0.2) is 0 Å². The van der Waals surface area contributed by atoms with Gasteiger partial charge in [0.15, 0.2) is 0 Å². The molecule has 0 bridgehead atoms. The van der Waals surface area contributed by atoms with E-state index in [0.29, 0.717) is 19.6 Å². The fraction of sp³-hybridized carbons (Fsp3) is 0.636. The lowest BCUT2D eigenvalue weighted by Gasteiger charge is -2.33. The molecule has 1 fully saturated rings. The van der Waals surface area contributed by atoms with Crippen molar-refractivity contribution in [2.45, 2.75) is 31.8 Å². The van der Waals surface area contributed by atoms with E-state index in [1.807, 2.05) is 16.8 Å². The maximum atomic E-state index is 12.2. The van der Waals surface area contributed by atoms with Crippen LogP contribution in [0.4, 0.5) is 0 Å². The Morgan fingerprint density at radius 2 is 2.33 bits per heavy atom. The number of piperidine rings is 1. The Hall–Kier alpha value is -0.470. The van der Waals surface area contributed by atoms with Crippen LogP contribution in [0.1, 0.15) is 24.8 Å². The summed E-state index contributed by atoms with van der Waals surface area (Å²) in [6.07, 6.45) is 2.82. The molecule has 1 aliphatic heterocycles. The van der Waals surface area contributed by atoms with E-state index < -0.39 is 10.2 Å². The standard InChI is InChI=1S/C11H19N3O2S2/c12-7-11-3-1-2-5-14(11)18(15,16)13-8-10-4-6-17-9-10/h4,6,9,11,13H,1-3,5,7-8,12H2. The summed E-state index contributed by atoms with van der Waals surface area (Å²) in [5.41, 5.74) is 6.64. The molecule has 2 rings (SSSR count). The first-order chi connectivity index (χ1) is 8.63. The van der Waals surface area contributed by atoms with E-state index in [1.165, 1.54) is 4.31 Å². The summed E-state index contributed by atoms with van der Waals surface area (Å²) in [7, 11) is -3.41. The topological polar surface area (TPSA) is 75.4 Å². The van der Waals surface area contributed by atoms with E-state index >= 15 is 0 Å². The molecule has 0 saturated carbocycles. The molecule has 0 spiro atoms. The normalized spacial score (nSPS) is 22.2. The van der Waals surface area contributed by atoms with Crippen LogP contribution in [0.15, 0.2) is 16.8 Å². The van der Waals surface area contributed by atoms with Gasteiger partial charge in [-0.05, 0) is 35.2 Å². The van der Waals surface area contributed by atoms with Gasteiger partial charge in [0.25, 0.3) is 10.2 Å². The number of rotatable bonds is 5. The van der Waals surface area contributed by atoms with Crippen LogP contribution >= 0.6 is 11.3 Å².